The second-order valence-electron chi connectivity index (χ2n) is 5.73. The molecule has 1 aliphatic rings. The lowest BCUT2D eigenvalue weighted by Gasteiger charge is -2.27. The van der Waals surface area contributed by atoms with Gasteiger partial charge >= 0.3 is 0 Å². The second kappa shape index (κ2) is 8.15. The number of nitrogens with one attached hydrogen (secondary N) is 2. The fourth-order valence-electron chi connectivity index (χ4n) is 2.51. The van der Waals surface area contributed by atoms with Crippen molar-refractivity contribution in [2.24, 2.45) is 11.7 Å². The van der Waals surface area contributed by atoms with E-state index in [0.717, 1.165) is 12.8 Å². The molecule has 19 heavy (non-hydrogen) atoms. The molecule has 0 aromatic heterocycles. The number of rotatable bonds is 6. The molecule has 0 bridgehead atoms. The van der Waals surface area contributed by atoms with Crippen molar-refractivity contribution in [3.63, 3.8) is 0 Å². The summed E-state index contributed by atoms with van der Waals surface area (Å²) in [5, 5.41) is 5.59. The average Bonchev–Trinajstić information content (AvgIpc) is 2.31. The smallest absolute Gasteiger partial charge is 0.221 e. The van der Waals surface area contributed by atoms with Crippen LogP contribution in [0.15, 0.2) is 0 Å². The van der Waals surface area contributed by atoms with Crippen molar-refractivity contribution >= 4 is 11.8 Å². The van der Waals surface area contributed by atoms with Gasteiger partial charge in [0.2, 0.25) is 11.8 Å². The number of carbonyl (C=O) groups excluding carboxylic acids is 2. The van der Waals surface area contributed by atoms with Crippen LogP contribution in [0.25, 0.3) is 0 Å². The summed E-state index contributed by atoms with van der Waals surface area (Å²) in [6.07, 6.45) is 5.24. The van der Waals surface area contributed by atoms with Gasteiger partial charge in [-0.2, -0.15) is 0 Å². The monoisotopic (exact) mass is 269 g/mol. The van der Waals surface area contributed by atoms with Crippen LogP contribution in [0.3, 0.4) is 0 Å². The standard InChI is InChI=1S/C14H27N3O2/c1-10(2)17-13(18)7-8-16-14(19)9-11-5-3-4-6-12(11)15/h10-12H,3-9,15H2,1-2H3,(H,16,19)(H,17,18). The molecule has 1 rings (SSSR count). The molecule has 4 N–H and O–H groups in total. The van der Waals surface area contributed by atoms with Crippen LogP contribution in [0.4, 0.5) is 0 Å². The number of hydrogen-bond donors (Lipinski definition) is 3. The fourth-order valence-corrected chi connectivity index (χ4v) is 2.51. The highest BCUT2D eigenvalue weighted by atomic mass is 16.2. The molecule has 1 fully saturated rings. The molecular weight excluding hydrogens is 242 g/mol. The van der Waals surface area contributed by atoms with E-state index in [0.29, 0.717) is 25.3 Å². The van der Waals surface area contributed by atoms with Crippen LogP contribution in [0.5, 0.6) is 0 Å². The third-order valence-electron chi connectivity index (χ3n) is 3.54. The predicted octanol–water partition coefficient (Wildman–Crippen LogP) is 0.925. The van der Waals surface area contributed by atoms with Crippen LogP contribution in [0.2, 0.25) is 0 Å². The lowest BCUT2D eigenvalue weighted by molar-refractivity contribution is -0.123. The third-order valence-corrected chi connectivity index (χ3v) is 3.54. The van der Waals surface area contributed by atoms with Gasteiger partial charge in [0, 0.05) is 31.5 Å². The predicted molar refractivity (Wildman–Crippen MR) is 75.5 cm³/mol. The summed E-state index contributed by atoms with van der Waals surface area (Å²) in [4.78, 5) is 23.2. The zero-order valence-electron chi connectivity index (χ0n) is 12.1. The summed E-state index contributed by atoms with van der Waals surface area (Å²) < 4.78 is 0. The Morgan fingerprint density at radius 3 is 2.53 bits per heavy atom. The fraction of sp³-hybridized carbons (Fsp3) is 0.857. The molecule has 0 aromatic carbocycles. The van der Waals surface area contributed by atoms with Gasteiger partial charge < -0.3 is 16.4 Å². The van der Waals surface area contributed by atoms with E-state index in [-0.39, 0.29) is 23.9 Å². The Labute approximate surface area is 115 Å². The SMILES string of the molecule is CC(C)NC(=O)CCNC(=O)CC1CCCCC1N. The van der Waals surface area contributed by atoms with Gasteiger partial charge in [-0.25, -0.2) is 0 Å². The van der Waals surface area contributed by atoms with Crippen molar-refractivity contribution in [1.82, 2.24) is 10.6 Å². The largest absolute Gasteiger partial charge is 0.356 e. The van der Waals surface area contributed by atoms with Gasteiger partial charge in [0.15, 0.2) is 0 Å². The van der Waals surface area contributed by atoms with Gasteiger partial charge in [-0.1, -0.05) is 12.8 Å². The molecule has 0 aliphatic heterocycles. The molecule has 0 radical (unpaired) electrons. The van der Waals surface area contributed by atoms with Gasteiger partial charge in [0.1, 0.15) is 0 Å². The molecule has 5 nitrogen and oxygen atoms in total. The van der Waals surface area contributed by atoms with Crippen LogP contribution >= 0.6 is 0 Å². The highest BCUT2D eigenvalue weighted by Crippen LogP contribution is 2.25. The summed E-state index contributed by atoms with van der Waals surface area (Å²) >= 11 is 0. The molecule has 110 valence electrons. The van der Waals surface area contributed by atoms with Crippen molar-refractivity contribution in [3.05, 3.63) is 0 Å². The lowest BCUT2D eigenvalue weighted by Crippen LogP contribution is -2.38. The van der Waals surface area contributed by atoms with Gasteiger partial charge in [-0.3, -0.25) is 9.59 Å². The summed E-state index contributed by atoms with van der Waals surface area (Å²) in [5.41, 5.74) is 6.01. The van der Waals surface area contributed by atoms with Crippen LogP contribution in [-0.2, 0) is 9.59 Å². The average molecular weight is 269 g/mol. The summed E-state index contributed by atoms with van der Waals surface area (Å²) in [7, 11) is 0. The van der Waals surface area contributed by atoms with Gasteiger partial charge in [0.05, 0.1) is 0 Å². The summed E-state index contributed by atoms with van der Waals surface area (Å²) in [5.74, 6) is 0.294. The first-order valence-corrected chi connectivity index (χ1v) is 7.30. The zero-order valence-corrected chi connectivity index (χ0v) is 12.1. The number of amides is 2. The Morgan fingerprint density at radius 1 is 1.21 bits per heavy atom. The number of nitrogens with two attached hydrogens (primary N) is 1. The first-order valence-electron chi connectivity index (χ1n) is 7.30. The molecule has 0 aromatic rings. The van der Waals surface area contributed by atoms with E-state index in [9.17, 15) is 9.59 Å². The maximum Gasteiger partial charge on any atom is 0.221 e. The van der Waals surface area contributed by atoms with E-state index in [1.807, 2.05) is 13.8 Å². The van der Waals surface area contributed by atoms with E-state index < -0.39 is 0 Å². The molecule has 0 spiro atoms. The Balaban J connectivity index is 2.15. The maximum atomic E-state index is 11.8. The molecule has 1 aliphatic carbocycles. The quantitative estimate of drug-likeness (QED) is 0.670. The highest BCUT2D eigenvalue weighted by Gasteiger charge is 2.23. The van der Waals surface area contributed by atoms with E-state index in [2.05, 4.69) is 10.6 Å². The molecule has 2 atom stereocenters. The summed E-state index contributed by atoms with van der Waals surface area (Å²) in [6, 6.07) is 0.298. The zero-order chi connectivity index (χ0) is 14.3. The first kappa shape index (κ1) is 16.0. The molecule has 5 heteroatoms. The molecular formula is C14H27N3O2. The van der Waals surface area contributed by atoms with E-state index in [1.54, 1.807) is 0 Å². The van der Waals surface area contributed by atoms with Crippen molar-refractivity contribution in [2.45, 2.75) is 64.5 Å². The molecule has 2 amide bonds. The number of hydrogen-bond acceptors (Lipinski definition) is 3. The van der Waals surface area contributed by atoms with Gasteiger partial charge in [-0.05, 0) is 32.6 Å². The van der Waals surface area contributed by atoms with Crippen molar-refractivity contribution in [1.29, 1.82) is 0 Å². The van der Waals surface area contributed by atoms with Gasteiger partial charge in [-0.15, -0.1) is 0 Å². The van der Waals surface area contributed by atoms with Crippen molar-refractivity contribution in [3.8, 4) is 0 Å². The van der Waals surface area contributed by atoms with Crippen LogP contribution in [-0.4, -0.2) is 30.4 Å². The molecule has 1 saturated carbocycles. The summed E-state index contributed by atoms with van der Waals surface area (Å²) in [6.45, 7) is 4.24. The first-order chi connectivity index (χ1) is 8.99. The third kappa shape index (κ3) is 6.57. The minimum Gasteiger partial charge on any atom is -0.356 e. The lowest BCUT2D eigenvalue weighted by atomic mass is 9.83. The molecule has 2 unspecified atom stereocenters. The van der Waals surface area contributed by atoms with E-state index >= 15 is 0 Å². The normalized spacial score (nSPS) is 23.2. The van der Waals surface area contributed by atoms with E-state index in [4.69, 9.17) is 5.73 Å². The van der Waals surface area contributed by atoms with Crippen LogP contribution in [0.1, 0.15) is 52.4 Å². The minimum atomic E-state index is -0.0235. The Morgan fingerprint density at radius 2 is 1.89 bits per heavy atom. The van der Waals surface area contributed by atoms with E-state index in [1.165, 1.54) is 12.8 Å². The Bertz CT molecular complexity index is 305. The minimum absolute atomic E-state index is 0.0136. The Hall–Kier alpha value is -1.10. The van der Waals surface area contributed by atoms with Crippen LogP contribution < -0.4 is 16.4 Å². The topological polar surface area (TPSA) is 84.2 Å². The number of carbonyl (C=O) groups is 2. The van der Waals surface area contributed by atoms with Crippen molar-refractivity contribution < 1.29 is 9.59 Å². The van der Waals surface area contributed by atoms with Gasteiger partial charge in [0.25, 0.3) is 0 Å². The molecule has 0 heterocycles. The maximum absolute atomic E-state index is 11.8. The van der Waals surface area contributed by atoms with Crippen LogP contribution in [0, 0.1) is 5.92 Å². The Kier molecular flexibility index (Phi) is 6.84. The molecule has 0 saturated heterocycles. The second-order valence-corrected chi connectivity index (χ2v) is 5.73. The highest BCUT2D eigenvalue weighted by molar-refractivity contribution is 5.79. The van der Waals surface area contributed by atoms with Crippen molar-refractivity contribution in [2.75, 3.05) is 6.54 Å².